The molecule has 1 fully saturated rings. The molecular formula is C26H26FN3O7S. The topological polar surface area (TPSA) is 131 Å². The molecule has 1 N–H and O–H groups in total. The van der Waals surface area contributed by atoms with E-state index in [1.165, 1.54) is 24.0 Å². The predicted molar refractivity (Wildman–Crippen MR) is 137 cm³/mol. The minimum absolute atomic E-state index is 0.0254. The second-order valence-corrected chi connectivity index (χ2v) is 11.3. The van der Waals surface area contributed by atoms with Crippen molar-refractivity contribution in [1.29, 1.82) is 0 Å². The number of amides is 3. The third-order valence-electron chi connectivity index (χ3n) is 6.12. The van der Waals surface area contributed by atoms with E-state index in [2.05, 4.69) is 9.68 Å². The van der Waals surface area contributed by atoms with Gasteiger partial charge in [-0.2, -0.15) is 4.36 Å². The van der Waals surface area contributed by atoms with Crippen molar-refractivity contribution >= 4 is 45.4 Å². The summed E-state index contributed by atoms with van der Waals surface area (Å²) in [5.41, 5.74) is 1.61. The quantitative estimate of drug-likeness (QED) is 0.507. The summed E-state index contributed by atoms with van der Waals surface area (Å²) in [6.45, 7) is 1.83. The van der Waals surface area contributed by atoms with Gasteiger partial charge in [0, 0.05) is 23.8 Å². The zero-order valence-electron chi connectivity index (χ0n) is 20.5. The Morgan fingerprint density at radius 2 is 2.05 bits per heavy atom. The van der Waals surface area contributed by atoms with E-state index in [9.17, 15) is 23.4 Å². The van der Waals surface area contributed by atoms with Gasteiger partial charge in [0.05, 0.1) is 34.3 Å². The van der Waals surface area contributed by atoms with Gasteiger partial charge in [-0.15, -0.1) is 0 Å². The fourth-order valence-corrected chi connectivity index (χ4v) is 5.97. The van der Waals surface area contributed by atoms with Crippen molar-refractivity contribution in [3.05, 3.63) is 71.6 Å². The van der Waals surface area contributed by atoms with E-state index in [1.807, 2.05) is 0 Å². The maximum Gasteiger partial charge on any atom is 0.414 e. The lowest BCUT2D eigenvalue weighted by Gasteiger charge is -2.20. The molecule has 0 aromatic heterocycles. The first-order chi connectivity index (χ1) is 18.2. The number of carbonyl (C=O) groups excluding carboxylic acids is 4. The van der Waals surface area contributed by atoms with Crippen LogP contribution in [0.2, 0.25) is 0 Å². The molecule has 3 amide bonds. The molecule has 2 unspecified atom stereocenters. The van der Waals surface area contributed by atoms with Crippen LogP contribution in [-0.4, -0.2) is 59.3 Å². The van der Waals surface area contributed by atoms with E-state index >= 15 is 4.39 Å². The first-order valence-corrected chi connectivity index (χ1v) is 13.7. The van der Waals surface area contributed by atoms with Crippen molar-refractivity contribution in [2.24, 2.45) is 4.36 Å². The highest BCUT2D eigenvalue weighted by Crippen LogP contribution is 2.31. The SMILES string of the molecule is CC(=O)NC[C@@H]1CN(c2ccc(C3=CCS(=O)(=NC(=O)C(OC=O)c4ccccc4)CC3)c(F)c2)C(=O)O1. The van der Waals surface area contributed by atoms with Crippen LogP contribution in [0.5, 0.6) is 0 Å². The van der Waals surface area contributed by atoms with Gasteiger partial charge in [-0.05, 0) is 30.2 Å². The molecule has 38 heavy (non-hydrogen) atoms. The maximum atomic E-state index is 15.1. The molecule has 4 rings (SSSR count). The van der Waals surface area contributed by atoms with Gasteiger partial charge in [-0.3, -0.25) is 19.3 Å². The Morgan fingerprint density at radius 3 is 2.68 bits per heavy atom. The number of carbonyl (C=O) groups is 4. The monoisotopic (exact) mass is 543 g/mol. The molecule has 0 aliphatic carbocycles. The fourth-order valence-electron chi connectivity index (χ4n) is 4.22. The van der Waals surface area contributed by atoms with Crippen molar-refractivity contribution in [2.75, 3.05) is 29.5 Å². The number of ether oxygens (including phenoxy) is 2. The van der Waals surface area contributed by atoms with E-state index in [4.69, 9.17) is 9.47 Å². The molecule has 0 radical (unpaired) electrons. The Labute approximate surface area is 219 Å². The third-order valence-corrected chi connectivity index (χ3v) is 8.16. The Morgan fingerprint density at radius 1 is 1.29 bits per heavy atom. The summed E-state index contributed by atoms with van der Waals surface area (Å²) >= 11 is 0. The molecule has 2 heterocycles. The predicted octanol–water partition coefficient (Wildman–Crippen LogP) is 2.98. The average Bonchev–Trinajstić information content (AvgIpc) is 3.27. The minimum atomic E-state index is -2.98. The van der Waals surface area contributed by atoms with Crippen LogP contribution >= 0.6 is 0 Å². The second-order valence-electron chi connectivity index (χ2n) is 8.79. The number of halogens is 1. The summed E-state index contributed by atoms with van der Waals surface area (Å²) in [5, 5.41) is 2.58. The highest BCUT2D eigenvalue weighted by atomic mass is 32.2. The lowest BCUT2D eigenvalue weighted by molar-refractivity contribution is -0.143. The van der Waals surface area contributed by atoms with Crippen LogP contribution in [0.1, 0.15) is 30.6 Å². The van der Waals surface area contributed by atoms with Crippen LogP contribution in [0.3, 0.4) is 0 Å². The molecule has 2 aromatic carbocycles. The van der Waals surface area contributed by atoms with Gasteiger partial charge >= 0.3 is 6.09 Å². The van der Waals surface area contributed by atoms with E-state index in [0.29, 0.717) is 16.8 Å². The van der Waals surface area contributed by atoms with Crippen molar-refractivity contribution in [3.8, 4) is 0 Å². The number of nitrogens with zero attached hydrogens (tertiary/aromatic N) is 2. The van der Waals surface area contributed by atoms with Crippen molar-refractivity contribution < 1.29 is 37.3 Å². The van der Waals surface area contributed by atoms with Gasteiger partial charge in [0.15, 0.2) is 0 Å². The third kappa shape index (κ3) is 6.25. The van der Waals surface area contributed by atoms with Crippen LogP contribution in [0, 0.1) is 5.82 Å². The molecule has 2 aromatic rings. The summed E-state index contributed by atoms with van der Waals surface area (Å²) in [7, 11) is -2.98. The zero-order valence-corrected chi connectivity index (χ0v) is 21.3. The number of hydrogen-bond donors (Lipinski definition) is 1. The second kappa shape index (κ2) is 11.5. The zero-order chi connectivity index (χ0) is 27.3. The van der Waals surface area contributed by atoms with Gasteiger partial charge in [0.1, 0.15) is 11.9 Å². The maximum absolute atomic E-state index is 15.1. The van der Waals surface area contributed by atoms with Crippen molar-refractivity contribution in [3.63, 3.8) is 0 Å². The lowest BCUT2D eigenvalue weighted by atomic mass is 10.0. The molecule has 2 aliphatic rings. The number of benzene rings is 2. The smallest absolute Gasteiger partial charge is 0.414 e. The standard InChI is InChI=1S/C26H26FN3O7S/c1-17(32)28-14-21-15-30(26(34)37-21)20-7-8-22(23(27)13-20)18-9-11-38(35,12-10-18)29-25(33)24(36-16-31)19-5-3-2-4-6-19/h2-9,13,16,21,24H,10-12,14-15H2,1H3,(H,28,32)/t21-,24?,38?/m1/s1. The van der Waals surface area contributed by atoms with E-state index < -0.39 is 39.8 Å². The normalized spacial score (nSPS) is 21.6. The summed E-state index contributed by atoms with van der Waals surface area (Å²) < 4.78 is 42.4. The van der Waals surface area contributed by atoms with Gasteiger partial charge in [0.25, 0.3) is 12.4 Å². The molecule has 1 saturated heterocycles. The summed E-state index contributed by atoms with van der Waals surface area (Å²) in [5.74, 6) is -1.69. The first-order valence-electron chi connectivity index (χ1n) is 11.8. The molecule has 0 saturated carbocycles. The van der Waals surface area contributed by atoms with Gasteiger partial charge in [-0.1, -0.05) is 36.4 Å². The number of allylic oxidation sites excluding steroid dienone is 1. The van der Waals surface area contributed by atoms with Crippen LogP contribution in [0.4, 0.5) is 14.9 Å². The van der Waals surface area contributed by atoms with Crippen LogP contribution in [0.15, 0.2) is 59.0 Å². The highest BCUT2D eigenvalue weighted by Gasteiger charge is 2.33. The summed E-state index contributed by atoms with van der Waals surface area (Å²) in [6, 6.07) is 12.6. The number of rotatable bonds is 8. The number of anilines is 1. The average molecular weight is 544 g/mol. The fraction of sp³-hybridized carbons (Fsp3) is 0.308. The Bertz CT molecular complexity index is 1400. The summed E-state index contributed by atoms with van der Waals surface area (Å²) in [4.78, 5) is 48.3. The Balaban J connectivity index is 1.47. The largest absolute Gasteiger partial charge is 0.449 e. The van der Waals surface area contributed by atoms with Crippen LogP contribution in [0.25, 0.3) is 5.57 Å². The molecule has 2 aliphatic heterocycles. The summed E-state index contributed by atoms with van der Waals surface area (Å²) in [6.07, 6.45) is -0.679. The molecule has 200 valence electrons. The Hall–Kier alpha value is -4.06. The number of nitrogens with one attached hydrogen (secondary N) is 1. The minimum Gasteiger partial charge on any atom is -0.449 e. The van der Waals surface area contributed by atoms with E-state index in [1.54, 1.807) is 42.5 Å². The van der Waals surface area contributed by atoms with Crippen LogP contribution in [-0.2, 0) is 33.6 Å². The van der Waals surface area contributed by atoms with Crippen molar-refractivity contribution in [1.82, 2.24) is 5.32 Å². The van der Waals surface area contributed by atoms with Gasteiger partial charge < -0.3 is 14.8 Å². The Kier molecular flexibility index (Phi) is 8.20. The molecule has 10 nitrogen and oxygen atoms in total. The van der Waals surface area contributed by atoms with Gasteiger partial charge in [-0.25, -0.2) is 13.4 Å². The van der Waals surface area contributed by atoms with Crippen LogP contribution < -0.4 is 10.2 Å². The van der Waals surface area contributed by atoms with Crippen molar-refractivity contribution in [2.45, 2.75) is 25.6 Å². The molecule has 0 spiro atoms. The molecular weight excluding hydrogens is 517 g/mol. The van der Waals surface area contributed by atoms with E-state index in [0.717, 1.165) is 0 Å². The number of cyclic esters (lactones) is 1. The molecule has 0 bridgehead atoms. The van der Waals surface area contributed by atoms with Gasteiger partial charge in [0.2, 0.25) is 12.0 Å². The van der Waals surface area contributed by atoms with E-state index in [-0.39, 0.29) is 49.0 Å². The number of hydrogen-bond acceptors (Lipinski definition) is 7. The lowest BCUT2D eigenvalue weighted by Crippen LogP contribution is -2.33. The molecule has 12 heteroatoms. The first kappa shape index (κ1) is 27.0. The molecule has 3 atom stereocenters. The highest BCUT2D eigenvalue weighted by molar-refractivity contribution is 7.94.